The molecule has 1 heterocycles. The highest BCUT2D eigenvalue weighted by atomic mass is 79.9. The molecule has 7 heteroatoms. The van der Waals surface area contributed by atoms with Crippen molar-refractivity contribution in [2.24, 2.45) is 0 Å². The van der Waals surface area contributed by atoms with Gasteiger partial charge in [-0.05, 0) is 61.0 Å². The summed E-state index contributed by atoms with van der Waals surface area (Å²) in [6.07, 6.45) is 0. The summed E-state index contributed by atoms with van der Waals surface area (Å²) in [4.78, 5) is 5.08. The van der Waals surface area contributed by atoms with Crippen LogP contribution in [0.15, 0.2) is 106 Å². The molecule has 0 amide bonds. The summed E-state index contributed by atoms with van der Waals surface area (Å²) in [5, 5.41) is 0. The number of para-hydroxylation sites is 2. The van der Waals surface area contributed by atoms with Crippen molar-refractivity contribution in [3.8, 4) is 11.4 Å². The van der Waals surface area contributed by atoms with Crippen LogP contribution in [0.1, 0.15) is 11.1 Å². The number of benzene rings is 4. The highest BCUT2D eigenvalue weighted by molar-refractivity contribution is 9.10. The molecule has 1 aromatic heterocycles. The van der Waals surface area contributed by atoms with E-state index in [-0.39, 0.29) is 4.90 Å². The van der Waals surface area contributed by atoms with Gasteiger partial charge in [0, 0.05) is 22.3 Å². The van der Waals surface area contributed by atoms with Crippen LogP contribution in [0.3, 0.4) is 0 Å². The van der Waals surface area contributed by atoms with Gasteiger partial charge in [-0.15, -0.1) is 0 Å². The van der Waals surface area contributed by atoms with Crippen molar-refractivity contribution in [1.29, 1.82) is 0 Å². The van der Waals surface area contributed by atoms with E-state index in [2.05, 4.69) is 62.5 Å². The van der Waals surface area contributed by atoms with Crippen LogP contribution in [-0.4, -0.2) is 18.0 Å². The first kappa shape index (κ1) is 22.4. The molecule has 0 fully saturated rings. The number of nitrogens with zero attached hydrogens (tertiary/aromatic N) is 2. The summed E-state index contributed by atoms with van der Waals surface area (Å²) in [5.41, 5.74) is 5.62. The molecule has 34 heavy (non-hydrogen) atoms. The lowest BCUT2D eigenvalue weighted by molar-refractivity contribution is 0.601. The van der Waals surface area contributed by atoms with E-state index in [0.29, 0.717) is 12.2 Å². The summed E-state index contributed by atoms with van der Waals surface area (Å²) >= 11 is 3.34. The average molecular weight is 532 g/mol. The maximum absolute atomic E-state index is 12.9. The van der Waals surface area contributed by atoms with Gasteiger partial charge >= 0.3 is 0 Å². The van der Waals surface area contributed by atoms with Gasteiger partial charge in [0.15, 0.2) is 0 Å². The molecule has 0 bridgehead atoms. The molecule has 5 rings (SSSR count). The van der Waals surface area contributed by atoms with Crippen molar-refractivity contribution < 1.29 is 8.42 Å². The average Bonchev–Trinajstić information content (AvgIpc) is 3.19. The van der Waals surface area contributed by atoms with E-state index in [4.69, 9.17) is 4.98 Å². The molecule has 0 aliphatic rings. The summed E-state index contributed by atoms with van der Waals surface area (Å²) in [7, 11) is -3.71. The smallest absolute Gasteiger partial charge is 0.261 e. The summed E-state index contributed by atoms with van der Waals surface area (Å²) in [5.74, 6) is 0.784. The molecule has 5 aromatic rings. The van der Waals surface area contributed by atoms with Gasteiger partial charge in [-0.25, -0.2) is 13.4 Å². The first-order chi connectivity index (χ1) is 16.4. The standard InChI is InChI=1S/C27H22BrN3O2S/c1-19-9-11-20(12-10-19)18-31-26-8-3-2-7-25(26)29-27(31)21-5-4-6-23(17-21)30-34(32,33)24-15-13-22(28)14-16-24/h2-17,30H,18H2,1H3. The Morgan fingerprint density at radius 2 is 1.62 bits per heavy atom. The monoisotopic (exact) mass is 531 g/mol. The predicted octanol–water partition coefficient (Wildman–Crippen LogP) is 6.62. The number of halogens is 1. The third-order valence-electron chi connectivity index (χ3n) is 5.61. The molecule has 0 aliphatic heterocycles. The molecular weight excluding hydrogens is 510 g/mol. The number of hydrogen-bond donors (Lipinski definition) is 1. The van der Waals surface area contributed by atoms with Crippen LogP contribution in [0.2, 0.25) is 0 Å². The Hall–Kier alpha value is -3.42. The van der Waals surface area contributed by atoms with Crippen LogP contribution in [0, 0.1) is 6.92 Å². The molecule has 1 N–H and O–H groups in total. The Bertz CT molecular complexity index is 1580. The molecule has 0 spiro atoms. The maximum atomic E-state index is 12.9. The second kappa shape index (κ2) is 9.08. The van der Waals surface area contributed by atoms with Gasteiger partial charge < -0.3 is 4.57 Å². The van der Waals surface area contributed by atoms with E-state index >= 15 is 0 Å². The Morgan fingerprint density at radius 3 is 2.38 bits per heavy atom. The Balaban J connectivity index is 1.53. The normalized spacial score (nSPS) is 11.6. The number of anilines is 1. The number of nitrogens with one attached hydrogen (secondary N) is 1. The number of hydrogen-bond acceptors (Lipinski definition) is 3. The fourth-order valence-corrected chi connectivity index (χ4v) is 5.20. The molecule has 0 radical (unpaired) electrons. The van der Waals surface area contributed by atoms with Crippen LogP contribution >= 0.6 is 15.9 Å². The third kappa shape index (κ3) is 4.62. The minimum Gasteiger partial charge on any atom is -0.319 e. The number of sulfonamides is 1. The number of rotatable bonds is 6. The highest BCUT2D eigenvalue weighted by Crippen LogP contribution is 2.29. The highest BCUT2D eigenvalue weighted by Gasteiger charge is 2.17. The van der Waals surface area contributed by atoms with Gasteiger partial charge in [0.2, 0.25) is 0 Å². The quantitative estimate of drug-likeness (QED) is 0.267. The van der Waals surface area contributed by atoms with Crippen molar-refractivity contribution in [3.05, 3.63) is 113 Å². The second-order valence-corrected chi connectivity index (χ2v) is 10.7. The van der Waals surface area contributed by atoms with E-state index in [1.54, 1.807) is 30.3 Å². The van der Waals surface area contributed by atoms with E-state index in [0.717, 1.165) is 26.9 Å². The molecule has 0 saturated heterocycles. The van der Waals surface area contributed by atoms with Crippen LogP contribution in [0.25, 0.3) is 22.4 Å². The number of aromatic nitrogens is 2. The van der Waals surface area contributed by atoms with Crippen molar-refractivity contribution in [2.45, 2.75) is 18.4 Å². The van der Waals surface area contributed by atoms with Crippen LogP contribution in [0.4, 0.5) is 5.69 Å². The van der Waals surface area contributed by atoms with Crippen molar-refractivity contribution in [2.75, 3.05) is 4.72 Å². The minimum absolute atomic E-state index is 0.202. The van der Waals surface area contributed by atoms with Gasteiger partial charge in [-0.2, -0.15) is 0 Å². The molecule has 0 unspecified atom stereocenters. The van der Waals surface area contributed by atoms with Crippen molar-refractivity contribution >= 4 is 42.7 Å². The van der Waals surface area contributed by atoms with Crippen LogP contribution in [0.5, 0.6) is 0 Å². The lowest BCUT2D eigenvalue weighted by Crippen LogP contribution is -2.13. The minimum atomic E-state index is -3.71. The molecule has 170 valence electrons. The Labute approximate surface area is 207 Å². The van der Waals surface area contributed by atoms with Gasteiger partial charge in [0.25, 0.3) is 10.0 Å². The summed E-state index contributed by atoms with van der Waals surface area (Å²) in [6.45, 7) is 2.73. The van der Waals surface area contributed by atoms with Crippen molar-refractivity contribution in [3.63, 3.8) is 0 Å². The second-order valence-electron chi connectivity index (χ2n) is 8.14. The maximum Gasteiger partial charge on any atom is 0.261 e. The lowest BCUT2D eigenvalue weighted by atomic mass is 10.1. The van der Waals surface area contributed by atoms with Crippen LogP contribution in [-0.2, 0) is 16.6 Å². The number of fused-ring (bicyclic) bond motifs is 1. The molecule has 0 saturated carbocycles. The van der Waals surface area contributed by atoms with Gasteiger partial charge in [-0.1, -0.05) is 70.0 Å². The summed E-state index contributed by atoms with van der Waals surface area (Å²) in [6, 6.07) is 30.4. The molecule has 0 aliphatic carbocycles. The molecule has 5 nitrogen and oxygen atoms in total. The van der Waals surface area contributed by atoms with Gasteiger partial charge in [0.05, 0.1) is 15.9 Å². The van der Waals surface area contributed by atoms with Crippen LogP contribution < -0.4 is 4.72 Å². The number of aryl methyl sites for hydroxylation is 1. The van der Waals surface area contributed by atoms with E-state index in [1.807, 2.05) is 36.4 Å². The lowest BCUT2D eigenvalue weighted by Gasteiger charge is -2.12. The largest absolute Gasteiger partial charge is 0.319 e. The fourth-order valence-electron chi connectivity index (χ4n) is 3.88. The van der Waals surface area contributed by atoms with Gasteiger partial charge in [0.1, 0.15) is 5.82 Å². The van der Waals surface area contributed by atoms with E-state index < -0.39 is 10.0 Å². The van der Waals surface area contributed by atoms with Crippen molar-refractivity contribution in [1.82, 2.24) is 9.55 Å². The number of imidazole rings is 1. The zero-order valence-corrected chi connectivity index (χ0v) is 20.8. The predicted molar refractivity (Wildman–Crippen MR) is 140 cm³/mol. The summed E-state index contributed by atoms with van der Waals surface area (Å²) < 4.78 is 31.5. The molecule has 0 atom stereocenters. The van der Waals surface area contributed by atoms with E-state index in [9.17, 15) is 8.42 Å². The fraction of sp³-hybridized carbons (Fsp3) is 0.0741. The topological polar surface area (TPSA) is 64.0 Å². The molecule has 4 aromatic carbocycles. The van der Waals surface area contributed by atoms with Gasteiger partial charge in [-0.3, -0.25) is 4.72 Å². The van der Waals surface area contributed by atoms with E-state index in [1.165, 1.54) is 11.1 Å². The SMILES string of the molecule is Cc1ccc(Cn2c(-c3cccc(NS(=O)(=O)c4ccc(Br)cc4)c3)nc3ccccc32)cc1. The Morgan fingerprint density at radius 1 is 0.882 bits per heavy atom. The molecular formula is C27H22BrN3O2S. The Kier molecular flexibility index (Phi) is 5.98. The first-order valence-electron chi connectivity index (χ1n) is 10.8. The zero-order chi connectivity index (χ0) is 23.7. The third-order valence-corrected chi connectivity index (χ3v) is 7.54. The first-order valence-corrected chi connectivity index (χ1v) is 13.1. The zero-order valence-electron chi connectivity index (χ0n) is 18.4.